The van der Waals surface area contributed by atoms with Crippen molar-refractivity contribution in [3.8, 4) is 11.3 Å². The van der Waals surface area contributed by atoms with Crippen molar-refractivity contribution >= 4 is 0 Å². The van der Waals surface area contributed by atoms with E-state index in [1.807, 2.05) is 16.9 Å². The Balaban J connectivity index is 1.58. The number of likely N-dealkylation sites (tertiary alicyclic amines) is 1. The Morgan fingerprint density at radius 3 is 2.75 bits per heavy atom. The Morgan fingerprint density at radius 2 is 2.00 bits per heavy atom. The number of halogens is 1. The second kappa shape index (κ2) is 8.27. The molecule has 0 unspecified atom stereocenters. The molecule has 0 amide bonds. The highest BCUT2D eigenvalue weighted by Gasteiger charge is 2.27. The highest BCUT2D eigenvalue weighted by molar-refractivity contribution is 5.58. The van der Waals surface area contributed by atoms with Crippen molar-refractivity contribution in [2.45, 2.75) is 58.7 Å². The van der Waals surface area contributed by atoms with Gasteiger partial charge in [0.2, 0.25) is 0 Å². The molecule has 1 aromatic carbocycles. The molecule has 1 fully saturated rings. The van der Waals surface area contributed by atoms with Gasteiger partial charge in [-0.3, -0.25) is 9.58 Å². The minimum atomic E-state index is -0.245. The zero-order valence-corrected chi connectivity index (χ0v) is 16.6. The summed E-state index contributed by atoms with van der Waals surface area (Å²) in [6.45, 7) is 7.04. The van der Waals surface area contributed by atoms with Gasteiger partial charge in [-0.1, -0.05) is 18.0 Å². The molecule has 28 heavy (non-hydrogen) atoms. The third kappa shape index (κ3) is 3.87. The molecule has 1 aliphatic rings. The van der Waals surface area contributed by atoms with Crippen molar-refractivity contribution in [1.29, 1.82) is 0 Å². The lowest BCUT2D eigenvalue weighted by Gasteiger charge is -2.27. The van der Waals surface area contributed by atoms with Crippen LogP contribution in [0.4, 0.5) is 4.39 Å². The van der Waals surface area contributed by atoms with Crippen molar-refractivity contribution in [1.82, 2.24) is 19.8 Å². The van der Waals surface area contributed by atoms with E-state index in [9.17, 15) is 4.39 Å². The molecule has 148 valence electrons. The first-order valence-electron chi connectivity index (χ1n) is 10.1. The fourth-order valence-corrected chi connectivity index (χ4v) is 4.06. The highest BCUT2D eigenvalue weighted by atomic mass is 19.1. The molecule has 0 N–H and O–H groups in total. The Morgan fingerprint density at radius 1 is 1.18 bits per heavy atom. The first kappa shape index (κ1) is 18.9. The van der Waals surface area contributed by atoms with Crippen LogP contribution in [-0.4, -0.2) is 26.4 Å². The molecule has 1 atom stereocenters. The van der Waals surface area contributed by atoms with Crippen LogP contribution in [0.15, 0.2) is 41.1 Å². The summed E-state index contributed by atoms with van der Waals surface area (Å²) in [7, 11) is 0. The molecule has 6 heteroatoms. The zero-order chi connectivity index (χ0) is 19.5. The third-order valence-corrected chi connectivity index (χ3v) is 5.74. The van der Waals surface area contributed by atoms with Crippen LogP contribution in [0.2, 0.25) is 0 Å². The standard InChI is InChI=1S/C22H27FN4O/c1-3-27-16(2)18(14-24-27)15-26-12-6-4-5-7-21(26)22-13-20(25-28-22)17-8-10-19(23)11-9-17/h8-11,13-14,21H,3-7,12,15H2,1-2H3/t21-/m1/s1. The van der Waals surface area contributed by atoms with E-state index in [1.165, 1.54) is 42.7 Å². The first-order chi connectivity index (χ1) is 13.7. The molecule has 1 aliphatic heterocycles. The molecule has 0 spiro atoms. The average molecular weight is 382 g/mol. The Kier molecular flexibility index (Phi) is 5.57. The summed E-state index contributed by atoms with van der Waals surface area (Å²) < 4.78 is 21.0. The van der Waals surface area contributed by atoms with Crippen molar-refractivity contribution in [3.05, 3.63) is 59.4 Å². The maximum atomic E-state index is 13.2. The van der Waals surface area contributed by atoms with Gasteiger partial charge in [-0.2, -0.15) is 5.10 Å². The predicted octanol–water partition coefficient (Wildman–Crippen LogP) is 5.12. The number of hydrogen-bond acceptors (Lipinski definition) is 4. The van der Waals surface area contributed by atoms with E-state index < -0.39 is 0 Å². The van der Waals surface area contributed by atoms with Crippen LogP contribution in [0.25, 0.3) is 11.3 Å². The fourth-order valence-electron chi connectivity index (χ4n) is 4.06. The molecular weight excluding hydrogens is 355 g/mol. The molecule has 1 saturated heterocycles. The van der Waals surface area contributed by atoms with Crippen LogP contribution >= 0.6 is 0 Å². The molecule has 5 nitrogen and oxygen atoms in total. The minimum absolute atomic E-state index is 0.202. The van der Waals surface area contributed by atoms with Crippen LogP contribution in [-0.2, 0) is 13.1 Å². The largest absolute Gasteiger partial charge is 0.359 e. The number of rotatable bonds is 5. The highest BCUT2D eigenvalue weighted by Crippen LogP contribution is 2.33. The van der Waals surface area contributed by atoms with Crippen molar-refractivity contribution < 1.29 is 8.91 Å². The van der Waals surface area contributed by atoms with Gasteiger partial charge in [-0.15, -0.1) is 0 Å². The summed E-state index contributed by atoms with van der Waals surface area (Å²) in [5, 5.41) is 8.75. The van der Waals surface area contributed by atoms with Gasteiger partial charge in [0.05, 0.1) is 12.2 Å². The molecule has 3 heterocycles. The lowest BCUT2D eigenvalue weighted by molar-refractivity contribution is 0.160. The quantitative estimate of drug-likeness (QED) is 0.614. The number of aromatic nitrogens is 3. The monoisotopic (exact) mass is 382 g/mol. The van der Waals surface area contributed by atoms with Crippen molar-refractivity contribution in [2.24, 2.45) is 0 Å². The van der Waals surface area contributed by atoms with E-state index in [-0.39, 0.29) is 11.9 Å². The number of nitrogens with zero attached hydrogens (tertiary/aromatic N) is 4. The molecular formula is C22H27FN4O. The summed E-state index contributed by atoms with van der Waals surface area (Å²) in [6, 6.07) is 8.60. The molecule has 2 aromatic heterocycles. The Labute approximate surface area is 165 Å². The SMILES string of the molecule is CCn1ncc(CN2CCCCC[C@@H]2c2cc(-c3ccc(F)cc3)no2)c1C. The molecule has 0 saturated carbocycles. The van der Waals surface area contributed by atoms with E-state index >= 15 is 0 Å². The second-order valence-electron chi connectivity index (χ2n) is 7.53. The van der Waals surface area contributed by atoms with Gasteiger partial charge in [-0.25, -0.2) is 4.39 Å². The van der Waals surface area contributed by atoms with E-state index in [0.29, 0.717) is 0 Å². The van der Waals surface area contributed by atoms with E-state index in [0.717, 1.165) is 43.1 Å². The van der Waals surface area contributed by atoms with E-state index in [2.05, 4.69) is 29.0 Å². The Bertz CT molecular complexity index is 915. The van der Waals surface area contributed by atoms with Gasteiger partial charge < -0.3 is 4.52 Å². The van der Waals surface area contributed by atoms with Gasteiger partial charge >= 0.3 is 0 Å². The normalized spacial score (nSPS) is 18.3. The van der Waals surface area contributed by atoms with Gasteiger partial charge in [-0.05, 0) is 57.5 Å². The average Bonchev–Trinajstić information content (AvgIpc) is 3.25. The summed E-state index contributed by atoms with van der Waals surface area (Å²) in [4.78, 5) is 2.49. The van der Waals surface area contributed by atoms with E-state index in [4.69, 9.17) is 4.52 Å². The van der Waals surface area contributed by atoms with Crippen LogP contribution in [0.5, 0.6) is 0 Å². The Hall–Kier alpha value is -2.47. The van der Waals surface area contributed by atoms with Crippen LogP contribution in [0, 0.1) is 12.7 Å². The molecule has 0 bridgehead atoms. The third-order valence-electron chi connectivity index (χ3n) is 5.74. The van der Waals surface area contributed by atoms with Gasteiger partial charge in [0.25, 0.3) is 0 Å². The maximum Gasteiger partial charge on any atom is 0.154 e. The summed E-state index contributed by atoms with van der Waals surface area (Å²) in [6.07, 6.45) is 6.65. The smallest absolute Gasteiger partial charge is 0.154 e. The number of aryl methyl sites for hydroxylation is 1. The van der Waals surface area contributed by atoms with Gasteiger partial charge in [0, 0.05) is 36.0 Å². The lowest BCUT2D eigenvalue weighted by Crippen LogP contribution is -2.28. The topological polar surface area (TPSA) is 47.1 Å². The summed E-state index contributed by atoms with van der Waals surface area (Å²) >= 11 is 0. The summed E-state index contributed by atoms with van der Waals surface area (Å²) in [5.41, 5.74) is 4.13. The van der Waals surface area contributed by atoms with Gasteiger partial charge in [0.1, 0.15) is 11.5 Å². The molecule has 3 aromatic rings. The van der Waals surface area contributed by atoms with Crippen LogP contribution in [0.3, 0.4) is 0 Å². The fraction of sp³-hybridized carbons (Fsp3) is 0.455. The minimum Gasteiger partial charge on any atom is -0.359 e. The predicted molar refractivity (Wildman–Crippen MR) is 106 cm³/mol. The van der Waals surface area contributed by atoms with Crippen molar-refractivity contribution in [2.75, 3.05) is 6.54 Å². The molecule has 4 rings (SSSR count). The molecule has 0 radical (unpaired) electrons. The van der Waals surface area contributed by atoms with Crippen molar-refractivity contribution in [3.63, 3.8) is 0 Å². The van der Waals surface area contributed by atoms with Crippen LogP contribution in [0.1, 0.15) is 55.7 Å². The van der Waals surface area contributed by atoms with Crippen LogP contribution < -0.4 is 0 Å². The van der Waals surface area contributed by atoms with Gasteiger partial charge in [0.15, 0.2) is 5.76 Å². The maximum absolute atomic E-state index is 13.2. The number of benzene rings is 1. The zero-order valence-electron chi connectivity index (χ0n) is 16.6. The number of hydrogen-bond donors (Lipinski definition) is 0. The summed E-state index contributed by atoms with van der Waals surface area (Å²) in [5.74, 6) is 0.646. The first-order valence-corrected chi connectivity index (χ1v) is 10.1. The molecule has 0 aliphatic carbocycles. The van der Waals surface area contributed by atoms with E-state index in [1.54, 1.807) is 12.1 Å². The second-order valence-corrected chi connectivity index (χ2v) is 7.53. The lowest BCUT2D eigenvalue weighted by atomic mass is 10.0.